The third-order valence-corrected chi connectivity index (χ3v) is 9.34. The van der Waals surface area contributed by atoms with E-state index in [4.69, 9.17) is 0 Å². The minimum Gasteiger partial charge on any atom is -0.274 e. The SMILES string of the molecule is Cc1cc(C)c(C)c(S(=O)(=O)N(Cc2cccnc2)C2CC(=O)N(c3ccc(C(C)C)cc3)C2=O)c1C. The topological polar surface area (TPSA) is 87.7 Å². The quantitative estimate of drug-likeness (QED) is 0.412. The Hall–Kier alpha value is -3.36. The van der Waals surface area contributed by atoms with E-state index in [9.17, 15) is 18.0 Å². The van der Waals surface area contributed by atoms with Gasteiger partial charge in [0.25, 0.3) is 5.91 Å². The fraction of sp³-hybridized carbons (Fsp3) is 0.345. The van der Waals surface area contributed by atoms with Crippen LogP contribution >= 0.6 is 0 Å². The molecule has 4 rings (SSSR count). The lowest BCUT2D eigenvalue weighted by atomic mass is 10.0. The first-order valence-corrected chi connectivity index (χ1v) is 13.8. The van der Waals surface area contributed by atoms with Crippen LogP contribution in [-0.4, -0.2) is 35.6 Å². The highest BCUT2D eigenvalue weighted by Gasteiger charge is 2.47. The number of pyridine rings is 1. The molecule has 1 aromatic heterocycles. The number of hydrogen-bond acceptors (Lipinski definition) is 5. The van der Waals surface area contributed by atoms with Crippen LogP contribution in [-0.2, 0) is 26.2 Å². The first-order chi connectivity index (χ1) is 17.4. The number of anilines is 1. The van der Waals surface area contributed by atoms with Gasteiger partial charge in [-0.1, -0.05) is 38.1 Å². The minimum absolute atomic E-state index is 0.0775. The van der Waals surface area contributed by atoms with Gasteiger partial charge in [0, 0.05) is 18.9 Å². The Morgan fingerprint density at radius 3 is 2.16 bits per heavy atom. The second-order valence-corrected chi connectivity index (χ2v) is 11.9. The van der Waals surface area contributed by atoms with Crippen molar-refractivity contribution in [2.75, 3.05) is 4.90 Å². The first kappa shape index (κ1) is 26.7. The standard InChI is InChI=1S/C29H33N3O4S/c1-18(2)24-9-11-25(12-10-24)32-27(33)15-26(29(32)34)31(17-23-8-7-13-30-16-23)37(35,36)28-21(5)19(3)14-20(4)22(28)6/h7-14,16,18,26H,15,17H2,1-6H3. The molecule has 0 radical (unpaired) electrons. The number of aromatic nitrogens is 1. The van der Waals surface area contributed by atoms with Crippen LogP contribution in [0.5, 0.6) is 0 Å². The molecule has 1 atom stereocenters. The van der Waals surface area contributed by atoms with Crippen molar-refractivity contribution in [2.24, 2.45) is 0 Å². The zero-order valence-corrected chi connectivity index (χ0v) is 23.0. The van der Waals surface area contributed by atoms with Crippen molar-refractivity contribution >= 4 is 27.5 Å². The molecule has 2 heterocycles. The monoisotopic (exact) mass is 519 g/mol. The predicted octanol–water partition coefficient (Wildman–Crippen LogP) is 4.96. The molecule has 2 amide bonds. The molecule has 1 fully saturated rings. The lowest BCUT2D eigenvalue weighted by Gasteiger charge is -2.29. The summed E-state index contributed by atoms with van der Waals surface area (Å²) >= 11 is 0. The van der Waals surface area contributed by atoms with E-state index in [1.807, 2.05) is 32.0 Å². The lowest BCUT2D eigenvalue weighted by molar-refractivity contribution is -0.122. The molecule has 2 aromatic carbocycles. The molecule has 194 valence electrons. The third-order valence-electron chi connectivity index (χ3n) is 7.21. The summed E-state index contributed by atoms with van der Waals surface area (Å²) in [5.74, 6) is -0.668. The van der Waals surface area contributed by atoms with Gasteiger partial charge in [0.05, 0.1) is 17.0 Å². The summed E-state index contributed by atoms with van der Waals surface area (Å²) in [7, 11) is -4.16. The molecule has 1 aliphatic rings. The van der Waals surface area contributed by atoms with Crippen LogP contribution in [0.25, 0.3) is 0 Å². The normalized spacial score (nSPS) is 16.3. The Bertz CT molecular complexity index is 1420. The Labute approximate surface area is 219 Å². The van der Waals surface area contributed by atoms with Crippen LogP contribution in [0, 0.1) is 27.7 Å². The highest BCUT2D eigenvalue weighted by molar-refractivity contribution is 7.89. The molecule has 0 aliphatic carbocycles. The van der Waals surface area contributed by atoms with Crippen LogP contribution in [0.15, 0.2) is 59.8 Å². The van der Waals surface area contributed by atoms with Crippen LogP contribution in [0.4, 0.5) is 5.69 Å². The van der Waals surface area contributed by atoms with Crippen LogP contribution in [0.3, 0.4) is 0 Å². The van der Waals surface area contributed by atoms with Gasteiger partial charge < -0.3 is 0 Å². The van der Waals surface area contributed by atoms with Crippen molar-refractivity contribution in [3.05, 3.63) is 88.2 Å². The number of carbonyl (C=O) groups is 2. The lowest BCUT2D eigenvalue weighted by Crippen LogP contribution is -2.45. The minimum atomic E-state index is -4.16. The summed E-state index contributed by atoms with van der Waals surface area (Å²) in [5.41, 5.74) is 5.13. The van der Waals surface area contributed by atoms with E-state index in [1.54, 1.807) is 50.5 Å². The molecule has 37 heavy (non-hydrogen) atoms. The Morgan fingerprint density at radius 1 is 1.00 bits per heavy atom. The van der Waals surface area contributed by atoms with Gasteiger partial charge >= 0.3 is 0 Å². The van der Waals surface area contributed by atoms with E-state index >= 15 is 0 Å². The van der Waals surface area contributed by atoms with Gasteiger partial charge in [0.2, 0.25) is 15.9 Å². The first-order valence-electron chi connectivity index (χ1n) is 12.4. The molecule has 0 saturated carbocycles. The van der Waals surface area contributed by atoms with Gasteiger partial charge in [-0.25, -0.2) is 13.3 Å². The predicted molar refractivity (Wildman–Crippen MR) is 144 cm³/mol. The number of rotatable bonds is 7. The summed E-state index contributed by atoms with van der Waals surface area (Å²) in [5, 5.41) is 0. The van der Waals surface area contributed by atoms with Crippen molar-refractivity contribution in [1.82, 2.24) is 9.29 Å². The average molecular weight is 520 g/mol. The van der Waals surface area contributed by atoms with Gasteiger partial charge in [-0.15, -0.1) is 0 Å². The fourth-order valence-electron chi connectivity index (χ4n) is 4.84. The number of nitrogens with zero attached hydrogens (tertiary/aromatic N) is 3. The Morgan fingerprint density at radius 2 is 1.62 bits per heavy atom. The molecule has 0 bridgehead atoms. The molecule has 3 aromatic rings. The number of benzene rings is 2. The molecule has 1 saturated heterocycles. The molecular formula is C29H33N3O4S. The number of aryl methyl sites for hydroxylation is 2. The van der Waals surface area contributed by atoms with E-state index in [2.05, 4.69) is 18.8 Å². The number of amides is 2. The van der Waals surface area contributed by atoms with Crippen molar-refractivity contribution < 1.29 is 18.0 Å². The summed E-state index contributed by atoms with van der Waals surface area (Å²) < 4.78 is 29.8. The summed E-state index contributed by atoms with van der Waals surface area (Å²) in [6.07, 6.45) is 2.95. The van der Waals surface area contributed by atoms with E-state index < -0.39 is 27.9 Å². The van der Waals surface area contributed by atoms with Crippen molar-refractivity contribution in [3.8, 4) is 0 Å². The highest BCUT2D eigenvalue weighted by Crippen LogP contribution is 2.34. The summed E-state index contributed by atoms with van der Waals surface area (Å²) in [6, 6.07) is 11.5. The second kappa shape index (κ2) is 10.2. The maximum Gasteiger partial charge on any atom is 0.252 e. The second-order valence-electron chi connectivity index (χ2n) is 10.0. The molecule has 7 nitrogen and oxygen atoms in total. The zero-order chi connectivity index (χ0) is 27.1. The van der Waals surface area contributed by atoms with Gasteiger partial charge in [-0.3, -0.25) is 14.6 Å². The molecular weight excluding hydrogens is 486 g/mol. The number of carbonyl (C=O) groups excluding carboxylic acids is 2. The average Bonchev–Trinajstić information content (AvgIpc) is 3.15. The molecule has 0 N–H and O–H groups in total. The molecule has 1 unspecified atom stereocenters. The zero-order valence-electron chi connectivity index (χ0n) is 22.1. The Balaban J connectivity index is 1.81. The van der Waals surface area contributed by atoms with Gasteiger partial charge in [0.15, 0.2) is 0 Å². The third kappa shape index (κ3) is 4.95. The maximum atomic E-state index is 14.3. The maximum absolute atomic E-state index is 14.3. The van der Waals surface area contributed by atoms with Gasteiger partial charge in [-0.2, -0.15) is 4.31 Å². The summed E-state index contributed by atoms with van der Waals surface area (Å²) in [4.78, 5) is 32.3. The smallest absolute Gasteiger partial charge is 0.252 e. The van der Waals surface area contributed by atoms with Crippen molar-refractivity contribution in [1.29, 1.82) is 0 Å². The summed E-state index contributed by atoms with van der Waals surface area (Å²) in [6.45, 7) is 11.4. The Kier molecular flexibility index (Phi) is 7.35. The highest BCUT2D eigenvalue weighted by atomic mass is 32.2. The largest absolute Gasteiger partial charge is 0.274 e. The van der Waals surface area contributed by atoms with E-state index in [0.29, 0.717) is 28.3 Å². The number of hydrogen-bond donors (Lipinski definition) is 0. The van der Waals surface area contributed by atoms with Gasteiger partial charge in [-0.05, 0) is 85.2 Å². The van der Waals surface area contributed by atoms with E-state index in [1.165, 1.54) is 4.31 Å². The fourth-order valence-corrected chi connectivity index (χ4v) is 6.99. The van der Waals surface area contributed by atoms with E-state index in [-0.39, 0.29) is 17.9 Å². The number of sulfonamides is 1. The van der Waals surface area contributed by atoms with Crippen molar-refractivity contribution in [2.45, 2.75) is 71.4 Å². The van der Waals surface area contributed by atoms with Crippen molar-refractivity contribution in [3.63, 3.8) is 0 Å². The van der Waals surface area contributed by atoms with Crippen LogP contribution < -0.4 is 4.90 Å². The molecule has 1 aliphatic heterocycles. The van der Waals surface area contributed by atoms with Crippen LogP contribution in [0.1, 0.15) is 59.6 Å². The molecule has 0 spiro atoms. The molecule has 8 heteroatoms. The number of imide groups is 1. The van der Waals surface area contributed by atoms with E-state index in [0.717, 1.165) is 21.6 Å². The van der Waals surface area contributed by atoms with Gasteiger partial charge in [0.1, 0.15) is 6.04 Å². The van der Waals surface area contributed by atoms with Crippen LogP contribution in [0.2, 0.25) is 0 Å².